The first-order chi connectivity index (χ1) is 13.6. The smallest absolute Gasteiger partial charge is 0.302 e. The Bertz CT molecular complexity index is 561. The molecular formula is C23H36O5. The number of aliphatic hydroxyl groups is 1. The molecule has 0 amide bonds. The molecule has 0 radical (unpaired) electrons. The lowest BCUT2D eigenvalue weighted by atomic mass is 9.89. The van der Waals surface area contributed by atoms with E-state index in [1.165, 1.54) is 32.6 Å². The Balaban J connectivity index is 1.46. The lowest BCUT2D eigenvalue weighted by Crippen LogP contribution is -2.31. The molecule has 5 heteroatoms. The number of allylic oxidation sites excluding steroid dienone is 1. The van der Waals surface area contributed by atoms with Crippen LogP contribution < -0.4 is 0 Å². The Morgan fingerprint density at radius 1 is 1.04 bits per heavy atom. The van der Waals surface area contributed by atoms with Crippen LogP contribution in [0.2, 0.25) is 0 Å². The van der Waals surface area contributed by atoms with Gasteiger partial charge in [-0.1, -0.05) is 25.7 Å². The Labute approximate surface area is 168 Å². The average Bonchev–Trinajstić information content (AvgIpc) is 3.37. The first kappa shape index (κ1) is 20.2. The van der Waals surface area contributed by atoms with Crippen LogP contribution in [0.1, 0.15) is 77.6 Å². The van der Waals surface area contributed by atoms with E-state index in [0.717, 1.165) is 51.6 Å². The van der Waals surface area contributed by atoms with Crippen molar-refractivity contribution in [3.8, 4) is 0 Å². The minimum atomic E-state index is -0.193. The van der Waals surface area contributed by atoms with Gasteiger partial charge < -0.3 is 19.3 Å². The van der Waals surface area contributed by atoms with Gasteiger partial charge >= 0.3 is 5.97 Å². The molecule has 0 aromatic carbocycles. The predicted molar refractivity (Wildman–Crippen MR) is 106 cm³/mol. The highest BCUT2D eigenvalue weighted by molar-refractivity contribution is 5.66. The fourth-order valence-electron chi connectivity index (χ4n) is 6.12. The van der Waals surface area contributed by atoms with Crippen molar-refractivity contribution in [2.75, 3.05) is 6.61 Å². The van der Waals surface area contributed by atoms with Crippen molar-refractivity contribution in [3.63, 3.8) is 0 Å². The topological polar surface area (TPSA) is 65.0 Å². The summed E-state index contributed by atoms with van der Waals surface area (Å²) in [7, 11) is 0. The number of carbonyl (C=O) groups excluding carboxylic acids is 1. The molecule has 1 heterocycles. The maximum atomic E-state index is 11.5. The second-order valence-electron chi connectivity index (χ2n) is 9.35. The molecule has 158 valence electrons. The van der Waals surface area contributed by atoms with Crippen LogP contribution in [0.4, 0.5) is 0 Å². The molecule has 6 atom stereocenters. The summed E-state index contributed by atoms with van der Waals surface area (Å²) in [6.45, 7) is 2.27. The monoisotopic (exact) mass is 392 g/mol. The molecule has 4 rings (SSSR count). The maximum Gasteiger partial charge on any atom is 0.302 e. The molecule has 1 N–H and O–H groups in total. The van der Waals surface area contributed by atoms with Crippen molar-refractivity contribution in [2.24, 2.45) is 23.7 Å². The normalized spacial score (nSPS) is 39.2. The van der Waals surface area contributed by atoms with E-state index in [0.29, 0.717) is 23.5 Å². The maximum absolute atomic E-state index is 11.5. The van der Waals surface area contributed by atoms with Crippen LogP contribution in [0.5, 0.6) is 0 Å². The minimum absolute atomic E-state index is 0.00347. The molecule has 4 aliphatic rings. The van der Waals surface area contributed by atoms with Crippen molar-refractivity contribution in [3.05, 3.63) is 11.8 Å². The minimum Gasteiger partial charge on any atom is -0.513 e. The van der Waals surface area contributed by atoms with Gasteiger partial charge in [-0.25, -0.2) is 0 Å². The van der Waals surface area contributed by atoms with E-state index >= 15 is 0 Å². The summed E-state index contributed by atoms with van der Waals surface area (Å²) in [6.07, 6.45) is 13.9. The third-order valence-electron chi connectivity index (χ3n) is 7.38. The van der Waals surface area contributed by atoms with Gasteiger partial charge in [0, 0.05) is 31.8 Å². The molecule has 0 bridgehead atoms. The Hall–Kier alpha value is -1.07. The summed E-state index contributed by atoms with van der Waals surface area (Å²) >= 11 is 0. The molecular weight excluding hydrogens is 356 g/mol. The predicted octanol–water partition coefficient (Wildman–Crippen LogP) is 4.90. The molecule has 3 aliphatic carbocycles. The molecule has 0 aromatic rings. The largest absolute Gasteiger partial charge is 0.513 e. The van der Waals surface area contributed by atoms with Crippen LogP contribution >= 0.6 is 0 Å². The summed E-state index contributed by atoms with van der Waals surface area (Å²) in [5.74, 6) is 1.92. The Morgan fingerprint density at radius 2 is 1.82 bits per heavy atom. The summed E-state index contributed by atoms with van der Waals surface area (Å²) in [6, 6.07) is 0. The van der Waals surface area contributed by atoms with E-state index < -0.39 is 0 Å². The summed E-state index contributed by atoms with van der Waals surface area (Å²) in [5, 5.41) is 10.7. The number of hydrogen-bond donors (Lipinski definition) is 1. The summed E-state index contributed by atoms with van der Waals surface area (Å²) in [4.78, 5) is 11.5. The number of hydrogen-bond acceptors (Lipinski definition) is 5. The first-order valence-electron chi connectivity index (χ1n) is 11.4. The summed E-state index contributed by atoms with van der Waals surface area (Å²) in [5.41, 5.74) is 0. The van der Waals surface area contributed by atoms with E-state index in [1.54, 1.807) is 0 Å². The molecule has 28 heavy (non-hydrogen) atoms. The number of aliphatic hydroxyl groups excluding tert-OH is 1. The molecule has 1 aliphatic heterocycles. The van der Waals surface area contributed by atoms with Crippen molar-refractivity contribution in [2.45, 2.75) is 96.1 Å². The number of fused-ring (bicyclic) bond motifs is 1. The van der Waals surface area contributed by atoms with Crippen LogP contribution in [0.25, 0.3) is 0 Å². The molecule has 4 fully saturated rings. The second-order valence-corrected chi connectivity index (χ2v) is 9.35. The molecule has 1 saturated heterocycles. The van der Waals surface area contributed by atoms with Gasteiger partial charge in [-0.3, -0.25) is 4.79 Å². The Morgan fingerprint density at radius 3 is 2.54 bits per heavy atom. The lowest BCUT2D eigenvalue weighted by molar-refractivity contribution is -0.193. The highest BCUT2D eigenvalue weighted by Gasteiger charge is 2.51. The van der Waals surface area contributed by atoms with Crippen LogP contribution in [0, 0.1) is 23.7 Å². The van der Waals surface area contributed by atoms with Gasteiger partial charge in [-0.05, 0) is 56.4 Å². The molecule has 0 aromatic heterocycles. The third kappa shape index (κ3) is 4.73. The molecule has 5 nitrogen and oxygen atoms in total. The first-order valence-corrected chi connectivity index (χ1v) is 11.4. The van der Waals surface area contributed by atoms with E-state index in [2.05, 4.69) is 6.08 Å². The van der Waals surface area contributed by atoms with Gasteiger partial charge in [0.2, 0.25) is 0 Å². The van der Waals surface area contributed by atoms with Crippen molar-refractivity contribution in [1.82, 2.24) is 0 Å². The zero-order valence-corrected chi connectivity index (χ0v) is 17.2. The quantitative estimate of drug-likeness (QED) is 0.514. The number of ether oxygens (including phenoxy) is 3. The molecule has 0 spiro atoms. The van der Waals surface area contributed by atoms with E-state index in [1.807, 2.05) is 0 Å². The Kier molecular flexibility index (Phi) is 6.62. The van der Waals surface area contributed by atoms with Crippen LogP contribution in [-0.4, -0.2) is 36.2 Å². The molecule has 3 saturated carbocycles. The van der Waals surface area contributed by atoms with Crippen LogP contribution in [-0.2, 0) is 19.0 Å². The zero-order valence-electron chi connectivity index (χ0n) is 17.2. The van der Waals surface area contributed by atoms with Crippen molar-refractivity contribution in [1.29, 1.82) is 0 Å². The van der Waals surface area contributed by atoms with Crippen molar-refractivity contribution >= 4 is 5.97 Å². The van der Waals surface area contributed by atoms with Gasteiger partial charge in [-0.15, -0.1) is 0 Å². The highest BCUT2D eigenvalue weighted by Crippen LogP contribution is 2.51. The van der Waals surface area contributed by atoms with Crippen LogP contribution in [0.15, 0.2) is 11.8 Å². The van der Waals surface area contributed by atoms with Crippen molar-refractivity contribution < 1.29 is 24.1 Å². The fraction of sp³-hybridized carbons (Fsp3) is 0.870. The van der Waals surface area contributed by atoms with E-state index in [-0.39, 0.29) is 30.4 Å². The number of carbonyl (C=O) groups is 1. The van der Waals surface area contributed by atoms with Crippen LogP contribution in [0.3, 0.4) is 0 Å². The fourth-order valence-corrected chi connectivity index (χ4v) is 6.12. The standard InChI is InChI=1S/C23H36O5/c1-15(24)27-21-10-9-18-19(13-17(25)12-16-6-2-3-7-16)22(14-20(18)21)28-23-8-4-5-11-26-23/h13,16,18-23,25H,2-12,14H2,1H3/b17-13+/t18-,19?,20+,21?,22?,23?/m0/s1. The van der Waals surface area contributed by atoms with Gasteiger partial charge in [0.15, 0.2) is 6.29 Å². The van der Waals surface area contributed by atoms with E-state index in [9.17, 15) is 9.90 Å². The van der Waals surface area contributed by atoms with Gasteiger partial charge in [-0.2, -0.15) is 0 Å². The summed E-state index contributed by atoms with van der Waals surface area (Å²) < 4.78 is 17.8. The highest BCUT2D eigenvalue weighted by atomic mass is 16.7. The van der Waals surface area contributed by atoms with E-state index in [4.69, 9.17) is 14.2 Å². The number of esters is 1. The SMILES string of the molecule is CC(=O)OC1CC[C@H]2C(/C=C(/O)CC3CCCC3)C(OC3CCCCO3)C[C@@H]12. The van der Waals surface area contributed by atoms with Gasteiger partial charge in [0.25, 0.3) is 0 Å². The average molecular weight is 393 g/mol. The number of rotatable bonds is 6. The lowest BCUT2D eigenvalue weighted by Gasteiger charge is -2.29. The van der Waals surface area contributed by atoms with Gasteiger partial charge in [0.05, 0.1) is 11.9 Å². The second kappa shape index (κ2) is 9.17. The third-order valence-corrected chi connectivity index (χ3v) is 7.38. The zero-order chi connectivity index (χ0) is 19.5. The van der Waals surface area contributed by atoms with Gasteiger partial charge in [0.1, 0.15) is 6.10 Å². The molecule has 4 unspecified atom stereocenters.